The lowest BCUT2D eigenvalue weighted by Crippen LogP contribution is -2.55. The van der Waals surface area contributed by atoms with E-state index in [-0.39, 0.29) is 5.54 Å². The zero-order chi connectivity index (χ0) is 18.8. The molecule has 3 fully saturated rings. The van der Waals surface area contributed by atoms with Gasteiger partial charge in [-0.2, -0.15) is 0 Å². The van der Waals surface area contributed by atoms with Gasteiger partial charge in [-0.3, -0.25) is 5.32 Å². The van der Waals surface area contributed by atoms with Crippen molar-refractivity contribution in [2.24, 2.45) is 0 Å². The van der Waals surface area contributed by atoms with E-state index in [4.69, 9.17) is 4.74 Å². The number of anilines is 1. The molecule has 4 nitrogen and oxygen atoms in total. The standard InChI is InChI=1S/C24H31N3O/c1-3-7-20(8-4-1)21-15-23(28-17-21)16-26-13-11-24(12-14-26)18-25-19-27(24)22-9-5-2-6-10-22/h1-10,21,23,25H,11-19H2. The van der Waals surface area contributed by atoms with Crippen LogP contribution in [0.3, 0.4) is 0 Å². The predicted molar refractivity (Wildman–Crippen MR) is 114 cm³/mol. The van der Waals surface area contributed by atoms with Crippen molar-refractivity contribution in [3.8, 4) is 0 Å². The van der Waals surface area contributed by atoms with Crippen LogP contribution in [0.2, 0.25) is 0 Å². The molecule has 3 aliphatic heterocycles. The van der Waals surface area contributed by atoms with Crippen LogP contribution in [0.25, 0.3) is 0 Å². The molecule has 0 amide bonds. The number of para-hydroxylation sites is 1. The molecule has 5 rings (SSSR count). The first-order valence-corrected chi connectivity index (χ1v) is 10.7. The smallest absolute Gasteiger partial charge is 0.0708 e. The molecule has 2 atom stereocenters. The number of piperidine rings is 1. The molecule has 0 aliphatic carbocycles. The van der Waals surface area contributed by atoms with Crippen LogP contribution in [0.4, 0.5) is 5.69 Å². The molecule has 2 aromatic rings. The second-order valence-electron chi connectivity index (χ2n) is 8.67. The summed E-state index contributed by atoms with van der Waals surface area (Å²) in [6.45, 7) is 6.36. The van der Waals surface area contributed by atoms with E-state index in [1.807, 2.05) is 0 Å². The van der Waals surface area contributed by atoms with Crippen LogP contribution in [0.15, 0.2) is 60.7 Å². The second-order valence-corrected chi connectivity index (χ2v) is 8.67. The summed E-state index contributed by atoms with van der Waals surface area (Å²) in [5, 5.41) is 3.63. The fraction of sp³-hybridized carbons (Fsp3) is 0.500. The molecule has 1 N–H and O–H groups in total. The molecule has 1 spiro atoms. The molecule has 148 valence electrons. The summed E-state index contributed by atoms with van der Waals surface area (Å²) in [6.07, 6.45) is 3.99. The minimum absolute atomic E-state index is 0.279. The number of likely N-dealkylation sites (tertiary alicyclic amines) is 1. The highest BCUT2D eigenvalue weighted by molar-refractivity contribution is 5.50. The molecule has 2 unspecified atom stereocenters. The van der Waals surface area contributed by atoms with Gasteiger partial charge in [-0.1, -0.05) is 48.5 Å². The van der Waals surface area contributed by atoms with E-state index in [0.29, 0.717) is 12.0 Å². The Morgan fingerprint density at radius 3 is 2.43 bits per heavy atom. The summed E-state index contributed by atoms with van der Waals surface area (Å²) < 4.78 is 6.17. The number of benzene rings is 2. The van der Waals surface area contributed by atoms with Gasteiger partial charge in [0.15, 0.2) is 0 Å². The maximum atomic E-state index is 6.17. The summed E-state index contributed by atoms with van der Waals surface area (Å²) in [7, 11) is 0. The van der Waals surface area contributed by atoms with E-state index in [2.05, 4.69) is 75.8 Å². The average molecular weight is 378 g/mol. The van der Waals surface area contributed by atoms with Crippen LogP contribution in [-0.2, 0) is 4.74 Å². The fourth-order valence-electron chi connectivity index (χ4n) is 5.31. The van der Waals surface area contributed by atoms with Gasteiger partial charge in [0.05, 0.1) is 24.9 Å². The molecular weight excluding hydrogens is 346 g/mol. The third-order valence-corrected chi connectivity index (χ3v) is 6.96. The monoisotopic (exact) mass is 377 g/mol. The van der Waals surface area contributed by atoms with Crippen LogP contribution in [-0.4, -0.2) is 56.0 Å². The van der Waals surface area contributed by atoms with Gasteiger partial charge >= 0.3 is 0 Å². The highest BCUT2D eigenvalue weighted by Gasteiger charge is 2.43. The molecule has 3 saturated heterocycles. The Balaban J connectivity index is 1.17. The van der Waals surface area contributed by atoms with Gasteiger partial charge in [0.2, 0.25) is 0 Å². The normalized spacial score (nSPS) is 27.5. The summed E-state index contributed by atoms with van der Waals surface area (Å²) in [5.41, 5.74) is 3.06. The molecule has 3 aliphatic rings. The molecule has 3 heterocycles. The van der Waals surface area contributed by atoms with Crippen molar-refractivity contribution in [3.63, 3.8) is 0 Å². The van der Waals surface area contributed by atoms with Crippen molar-refractivity contribution in [3.05, 3.63) is 66.2 Å². The quantitative estimate of drug-likeness (QED) is 0.883. The number of hydrogen-bond acceptors (Lipinski definition) is 4. The van der Waals surface area contributed by atoms with Crippen molar-refractivity contribution >= 4 is 5.69 Å². The number of hydrogen-bond donors (Lipinski definition) is 1. The predicted octanol–water partition coefficient (Wildman–Crippen LogP) is 3.46. The molecule has 0 radical (unpaired) electrons. The van der Waals surface area contributed by atoms with Gasteiger partial charge in [-0.25, -0.2) is 0 Å². The molecule has 4 heteroatoms. The highest BCUT2D eigenvalue weighted by Crippen LogP contribution is 2.36. The number of ether oxygens (including phenoxy) is 1. The molecule has 0 aromatic heterocycles. The summed E-state index contributed by atoms with van der Waals surface area (Å²) in [5.74, 6) is 0.565. The average Bonchev–Trinajstić information content (AvgIpc) is 3.39. The van der Waals surface area contributed by atoms with E-state index in [1.165, 1.54) is 37.2 Å². The third kappa shape index (κ3) is 3.57. The van der Waals surface area contributed by atoms with Crippen molar-refractivity contribution < 1.29 is 4.74 Å². The number of nitrogens with zero attached hydrogens (tertiary/aromatic N) is 2. The van der Waals surface area contributed by atoms with Crippen molar-refractivity contribution in [1.82, 2.24) is 10.2 Å². The Hall–Kier alpha value is -1.88. The lowest BCUT2D eigenvalue weighted by atomic mass is 9.86. The Kier molecular flexibility index (Phi) is 5.10. The van der Waals surface area contributed by atoms with Crippen LogP contribution in [0.1, 0.15) is 30.7 Å². The van der Waals surface area contributed by atoms with Gasteiger partial charge in [-0.05, 0) is 37.0 Å². The first kappa shape index (κ1) is 18.2. The SMILES string of the molecule is c1ccc(C2COC(CN3CCC4(CC3)CNCN4c3ccccc3)C2)cc1. The minimum Gasteiger partial charge on any atom is -0.376 e. The zero-order valence-corrected chi connectivity index (χ0v) is 16.6. The summed E-state index contributed by atoms with van der Waals surface area (Å²) in [4.78, 5) is 5.23. The molecule has 0 bridgehead atoms. The van der Waals surface area contributed by atoms with Crippen LogP contribution < -0.4 is 10.2 Å². The lowest BCUT2D eigenvalue weighted by Gasteiger charge is -2.45. The molecule has 0 saturated carbocycles. The third-order valence-electron chi connectivity index (χ3n) is 6.96. The summed E-state index contributed by atoms with van der Waals surface area (Å²) >= 11 is 0. The van der Waals surface area contributed by atoms with Gasteiger partial charge in [0.25, 0.3) is 0 Å². The lowest BCUT2D eigenvalue weighted by molar-refractivity contribution is 0.0570. The minimum atomic E-state index is 0.279. The first-order chi connectivity index (χ1) is 13.8. The largest absolute Gasteiger partial charge is 0.376 e. The number of nitrogens with one attached hydrogen (secondary N) is 1. The van der Waals surface area contributed by atoms with Crippen LogP contribution in [0.5, 0.6) is 0 Å². The Labute approximate surface area is 168 Å². The topological polar surface area (TPSA) is 27.7 Å². The Morgan fingerprint density at radius 2 is 1.68 bits per heavy atom. The Morgan fingerprint density at radius 1 is 0.964 bits per heavy atom. The molecule has 28 heavy (non-hydrogen) atoms. The second kappa shape index (κ2) is 7.86. The van der Waals surface area contributed by atoms with E-state index in [1.54, 1.807) is 0 Å². The zero-order valence-electron chi connectivity index (χ0n) is 16.6. The number of rotatable bonds is 4. The fourth-order valence-corrected chi connectivity index (χ4v) is 5.31. The molecular formula is C24H31N3O. The van der Waals surface area contributed by atoms with Crippen molar-refractivity contribution in [2.75, 3.05) is 44.4 Å². The van der Waals surface area contributed by atoms with Gasteiger partial charge < -0.3 is 14.5 Å². The molecule has 2 aromatic carbocycles. The van der Waals surface area contributed by atoms with Gasteiger partial charge in [0, 0.05) is 37.8 Å². The Bertz CT molecular complexity index is 758. The van der Waals surface area contributed by atoms with Crippen molar-refractivity contribution in [2.45, 2.75) is 36.8 Å². The maximum absolute atomic E-state index is 6.17. The van der Waals surface area contributed by atoms with E-state index in [0.717, 1.165) is 32.8 Å². The maximum Gasteiger partial charge on any atom is 0.0708 e. The van der Waals surface area contributed by atoms with E-state index >= 15 is 0 Å². The van der Waals surface area contributed by atoms with Gasteiger partial charge in [-0.15, -0.1) is 0 Å². The van der Waals surface area contributed by atoms with E-state index in [9.17, 15) is 0 Å². The van der Waals surface area contributed by atoms with Crippen LogP contribution in [0, 0.1) is 0 Å². The van der Waals surface area contributed by atoms with Gasteiger partial charge in [0.1, 0.15) is 0 Å². The van der Waals surface area contributed by atoms with E-state index < -0.39 is 0 Å². The first-order valence-electron chi connectivity index (χ1n) is 10.7. The van der Waals surface area contributed by atoms with Crippen molar-refractivity contribution in [1.29, 1.82) is 0 Å². The highest BCUT2D eigenvalue weighted by atomic mass is 16.5. The van der Waals surface area contributed by atoms with Crippen LogP contribution >= 0.6 is 0 Å². The summed E-state index contributed by atoms with van der Waals surface area (Å²) in [6, 6.07) is 21.8.